The van der Waals surface area contributed by atoms with E-state index in [1.54, 1.807) is 0 Å². The van der Waals surface area contributed by atoms with Gasteiger partial charge in [-0.25, -0.2) is 4.68 Å². The Labute approximate surface area is 170 Å². The monoisotopic (exact) mass is 447 g/mol. The number of nitrogens with zero attached hydrogens (tertiary/aromatic N) is 2. The molecule has 6 nitrogen and oxygen atoms in total. The lowest BCUT2D eigenvalue weighted by atomic mass is 10.2. The van der Waals surface area contributed by atoms with Crippen molar-refractivity contribution >= 4 is 39.7 Å². The molecule has 1 aromatic heterocycles. The highest BCUT2D eigenvalue weighted by Gasteiger charge is 2.12. The summed E-state index contributed by atoms with van der Waals surface area (Å²) in [6, 6.07) is 13.3. The maximum Gasteiger partial charge on any atom is 0.287 e. The molecule has 2 aromatic carbocycles. The molecule has 1 heterocycles. The summed E-state index contributed by atoms with van der Waals surface area (Å²) in [4.78, 5) is 12.4. The van der Waals surface area contributed by atoms with Gasteiger partial charge in [0.15, 0.2) is 6.61 Å². The van der Waals surface area contributed by atoms with Crippen LogP contribution in [0, 0.1) is 18.7 Å². The molecule has 140 valence electrons. The van der Waals surface area contributed by atoms with Crippen molar-refractivity contribution < 1.29 is 13.9 Å². The van der Waals surface area contributed by atoms with Crippen molar-refractivity contribution in [3.8, 4) is 5.75 Å². The molecule has 0 radical (unpaired) electrons. The number of aryl methyl sites for hydroxylation is 2. The fourth-order valence-corrected chi connectivity index (χ4v) is 3.14. The summed E-state index contributed by atoms with van der Waals surface area (Å²) in [5, 5.41) is 7.07. The number of hydrogen-bond donors (Lipinski definition) is 1. The Balaban J connectivity index is 1.63. The Kier molecular flexibility index (Phi) is 6.08. The third-order valence-corrected chi connectivity index (χ3v) is 4.64. The predicted octanol–water partition coefficient (Wildman–Crippen LogP) is 4.80. The molecule has 0 aliphatic rings. The van der Waals surface area contributed by atoms with E-state index >= 15 is 0 Å². The van der Waals surface area contributed by atoms with E-state index in [1.807, 2.05) is 56.3 Å². The Morgan fingerprint density at radius 3 is 2.78 bits per heavy atom. The number of halogens is 1. The van der Waals surface area contributed by atoms with Crippen LogP contribution in [0.4, 0.5) is 5.69 Å². The highest BCUT2D eigenvalue weighted by atomic mass is 79.9. The van der Waals surface area contributed by atoms with Crippen molar-refractivity contribution in [1.29, 1.82) is 0 Å². The molecule has 1 amide bonds. The lowest BCUT2D eigenvalue weighted by Gasteiger charge is -2.08. The first-order valence-electron chi connectivity index (χ1n) is 8.23. The highest BCUT2D eigenvalue weighted by molar-refractivity contribution is 9.10. The Morgan fingerprint density at radius 1 is 1.26 bits per heavy atom. The fraction of sp³-hybridized carbons (Fsp3) is 0.211. The van der Waals surface area contributed by atoms with E-state index in [2.05, 4.69) is 26.3 Å². The van der Waals surface area contributed by atoms with Crippen LogP contribution in [0.3, 0.4) is 0 Å². The smallest absolute Gasteiger partial charge is 0.287 e. The van der Waals surface area contributed by atoms with Gasteiger partial charge in [-0.15, -0.1) is 5.10 Å². The Morgan fingerprint density at radius 2 is 2.04 bits per heavy atom. The van der Waals surface area contributed by atoms with Crippen molar-refractivity contribution in [2.24, 2.45) is 0 Å². The average molecular weight is 448 g/mol. The van der Waals surface area contributed by atoms with Gasteiger partial charge in [-0.2, -0.15) is 0 Å². The number of nitrogens with one attached hydrogen (secondary N) is 1. The van der Waals surface area contributed by atoms with Gasteiger partial charge in [-0.1, -0.05) is 34.1 Å². The third kappa shape index (κ3) is 5.05. The van der Waals surface area contributed by atoms with Gasteiger partial charge in [0.05, 0.1) is 0 Å². The van der Waals surface area contributed by atoms with E-state index in [4.69, 9.17) is 21.4 Å². The molecule has 0 unspecified atom stereocenters. The average Bonchev–Trinajstić information content (AvgIpc) is 2.96. The van der Waals surface area contributed by atoms with Crippen LogP contribution in [0.5, 0.6) is 5.75 Å². The second-order valence-corrected chi connectivity index (χ2v) is 7.25. The van der Waals surface area contributed by atoms with Crippen LogP contribution in [0.2, 0.25) is 0 Å². The molecule has 3 aromatic rings. The van der Waals surface area contributed by atoms with Crippen LogP contribution in [-0.2, 0) is 17.9 Å². The minimum Gasteiger partial charge on any atom is -0.484 e. The predicted molar refractivity (Wildman–Crippen MR) is 108 cm³/mol. The van der Waals surface area contributed by atoms with Gasteiger partial charge in [-0.05, 0) is 61.5 Å². The number of amides is 1. The summed E-state index contributed by atoms with van der Waals surface area (Å²) in [5.41, 5.74) is 2.70. The molecule has 0 saturated carbocycles. The van der Waals surface area contributed by atoms with Crippen LogP contribution in [-0.4, -0.2) is 15.7 Å². The fourth-order valence-electron chi connectivity index (χ4n) is 2.46. The van der Waals surface area contributed by atoms with E-state index in [0.717, 1.165) is 27.0 Å². The van der Waals surface area contributed by atoms with Gasteiger partial charge in [0.25, 0.3) is 10.7 Å². The number of rotatable bonds is 6. The summed E-state index contributed by atoms with van der Waals surface area (Å²) < 4.78 is 13.4. The van der Waals surface area contributed by atoms with Crippen molar-refractivity contribution in [3.63, 3.8) is 0 Å². The van der Waals surface area contributed by atoms with Crippen LogP contribution >= 0.6 is 28.1 Å². The molecule has 0 saturated heterocycles. The highest BCUT2D eigenvalue weighted by Crippen LogP contribution is 2.20. The number of carbonyl (C=O) groups excluding carboxylic acids is 1. The summed E-state index contributed by atoms with van der Waals surface area (Å²) >= 11 is 8.55. The molecule has 0 bridgehead atoms. The lowest BCUT2D eigenvalue weighted by Crippen LogP contribution is -2.20. The zero-order valence-corrected chi connectivity index (χ0v) is 17.3. The van der Waals surface area contributed by atoms with E-state index in [1.165, 1.54) is 4.68 Å². The van der Waals surface area contributed by atoms with Gasteiger partial charge in [0.1, 0.15) is 12.3 Å². The number of benzene rings is 2. The zero-order chi connectivity index (χ0) is 19.4. The van der Waals surface area contributed by atoms with Crippen LogP contribution in [0.25, 0.3) is 0 Å². The number of aromatic nitrogens is 2. The molecule has 0 aliphatic carbocycles. The maximum absolute atomic E-state index is 12.3. The minimum absolute atomic E-state index is 0.0395. The van der Waals surface area contributed by atoms with Gasteiger partial charge >= 0.3 is 0 Å². The first-order valence-corrected chi connectivity index (χ1v) is 9.44. The Hall–Kier alpha value is -2.45. The standard InChI is InChI=1S/C19H18BrN3O3S/c1-12-5-3-4-6-16(12)25-11-18-22-23(19(27)26-18)10-17(24)21-15-8-7-14(20)9-13(15)2/h3-9H,10-11H2,1-2H3,(H,21,24). The van der Waals surface area contributed by atoms with Crippen molar-refractivity contribution in [3.05, 3.63) is 68.8 Å². The molecule has 1 N–H and O–H groups in total. The summed E-state index contributed by atoms with van der Waals surface area (Å²) in [5.74, 6) is 0.823. The lowest BCUT2D eigenvalue weighted by molar-refractivity contribution is -0.117. The molecule has 8 heteroatoms. The van der Waals surface area contributed by atoms with Crippen LogP contribution in [0.15, 0.2) is 51.4 Å². The SMILES string of the molecule is Cc1cc(Br)ccc1NC(=O)Cn1nc(COc2ccccc2C)oc1=S. The molecule has 0 fully saturated rings. The quantitative estimate of drug-likeness (QED) is 0.549. The number of hydrogen-bond acceptors (Lipinski definition) is 5. The number of para-hydroxylation sites is 1. The normalized spacial score (nSPS) is 10.6. The van der Waals surface area contributed by atoms with Crippen molar-refractivity contribution in [2.75, 3.05) is 5.32 Å². The Bertz CT molecular complexity index is 1030. The molecule has 27 heavy (non-hydrogen) atoms. The second kappa shape index (κ2) is 8.49. The van der Waals surface area contributed by atoms with E-state index < -0.39 is 0 Å². The maximum atomic E-state index is 12.3. The molecular formula is C19H18BrN3O3S. The second-order valence-electron chi connectivity index (χ2n) is 5.98. The summed E-state index contributed by atoms with van der Waals surface area (Å²) in [7, 11) is 0. The van der Waals surface area contributed by atoms with Crippen molar-refractivity contribution in [2.45, 2.75) is 27.0 Å². The van der Waals surface area contributed by atoms with E-state index in [-0.39, 0.29) is 23.9 Å². The third-order valence-electron chi connectivity index (χ3n) is 3.85. The number of ether oxygens (including phenoxy) is 1. The minimum atomic E-state index is -0.240. The van der Waals surface area contributed by atoms with E-state index in [9.17, 15) is 4.79 Å². The molecule has 3 rings (SSSR count). The molecule has 0 spiro atoms. The van der Waals surface area contributed by atoms with Crippen LogP contribution < -0.4 is 10.1 Å². The number of carbonyl (C=O) groups is 1. The topological polar surface area (TPSA) is 69.3 Å². The molecule has 0 aliphatic heterocycles. The van der Waals surface area contributed by atoms with Crippen molar-refractivity contribution in [1.82, 2.24) is 9.78 Å². The van der Waals surface area contributed by atoms with Crippen LogP contribution in [0.1, 0.15) is 17.0 Å². The largest absolute Gasteiger partial charge is 0.484 e. The first kappa shape index (κ1) is 19.3. The summed E-state index contributed by atoms with van der Waals surface area (Å²) in [6.07, 6.45) is 0. The van der Waals surface area contributed by atoms with Gasteiger partial charge < -0.3 is 14.5 Å². The van der Waals surface area contributed by atoms with Gasteiger partial charge in [0, 0.05) is 10.2 Å². The number of anilines is 1. The van der Waals surface area contributed by atoms with Gasteiger partial charge in [0.2, 0.25) is 5.91 Å². The molecular weight excluding hydrogens is 430 g/mol. The summed E-state index contributed by atoms with van der Waals surface area (Å²) in [6.45, 7) is 3.97. The molecule has 0 atom stereocenters. The van der Waals surface area contributed by atoms with Gasteiger partial charge in [-0.3, -0.25) is 4.79 Å². The zero-order valence-electron chi connectivity index (χ0n) is 14.9. The van der Waals surface area contributed by atoms with E-state index in [0.29, 0.717) is 5.89 Å². The first-order chi connectivity index (χ1) is 12.9.